The molecule has 0 aromatic heterocycles. The molecule has 0 aliphatic heterocycles. The number of rotatable bonds is 8. The van der Waals surface area contributed by atoms with Crippen molar-refractivity contribution in [3.8, 4) is 0 Å². The summed E-state index contributed by atoms with van der Waals surface area (Å²) in [6, 6.07) is 6.01. The van der Waals surface area contributed by atoms with Crippen LogP contribution in [0.2, 0.25) is 5.02 Å². The summed E-state index contributed by atoms with van der Waals surface area (Å²) < 4.78 is 6.44. The van der Waals surface area contributed by atoms with Crippen LogP contribution in [0.15, 0.2) is 22.7 Å². The molecule has 0 heterocycles. The molecule has 0 aliphatic rings. The lowest BCUT2D eigenvalue weighted by Crippen LogP contribution is -2.15. The van der Waals surface area contributed by atoms with Gasteiger partial charge in [0.15, 0.2) is 0 Å². The summed E-state index contributed by atoms with van der Waals surface area (Å²) in [7, 11) is 0. The van der Waals surface area contributed by atoms with Gasteiger partial charge in [-0.15, -0.1) is 0 Å². The van der Waals surface area contributed by atoms with E-state index in [4.69, 9.17) is 16.3 Å². The van der Waals surface area contributed by atoms with Crippen molar-refractivity contribution in [3.63, 3.8) is 0 Å². The molecule has 0 spiro atoms. The molecule has 1 rings (SSSR count). The number of ether oxygens (including phenoxy) is 1. The Kier molecular flexibility index (Phi) is 7.91. The highest BCUT2D eigenvalue weighted by Crippen LogP contribution is 2.23. The average Bonchev–Trinajstić information content (AvgIpc) is 2.32. The Bertz CT molecular complexity index is 358. The second-order valence-corrected chi connectivity index (χ2v) is 5.81. The fourth-order valence-corrected chi connectivity index (χ4v) is 2.10. The van der Waals surface area contributed by atoms with Gasteiger partial charge in [-0.25, -0.2) is 0 Å². The summed E-state index contributed by atoms with van der Waals surface area (Å²) in [6.45, 7) is 6.88. The van der Waals surface area contributed by atoms with Gasteiger partial charge in [-0.2, -0.15) is 0 Å². The van der Waals surface area contributed by atoms with E-state index in [1.165, 1.54) is 5.56 Å². The quantitative estimate of drug-likeness (QED) is 0.712. The van der Waals surface area contributed by atoms with Crippen LogP contribution in [0.5, 0.6) is 0 Å². The fraction of sp³-hybridized carbons (Fsp3) is 0.571. The van der Waals surface area contributed by atoms with Gasteiger partial charge < -0.3 is 10.1 Å². The lowest BCUT2D eigenvalue weighted by Gasteiger charge is -2.08. The topological polar surface area (TPSA) is 21.3 Å². The molecule has 1 aromatic carbocycles. The standard InChI is InChI=1S/C14H21BrClNO/c1-11(2)18-8-4-3-7-17-10-12-5-6-14(16)13(15)9-12/h5-6,9,11,17H,3-4,7-8,10H2,1-2H3. The molecule has 1 aromatic rings. The van der Waals surface area contributed by atoms with Crippen LogP contribution in [0.4, 0.5) is 0 Å². The Morgan fingerprint density at radius 3 is 2.78 bits per heavy atom. The van der Waals surface area contributed by atoms with Crippen LogP contribution in [0.1, 0.15) is 32.3 Å². The van der Waals surface area contributed by atoms with Crippen molar-refractivity contribution in [1.29, 1.82) is 0 Å². The zero-order valence-electron chi connectivity index (χ0n) is 11.0. The second kappa shape index (κ2) is 8.92. The van der Waals surface area contributed by atoms with E-state index in [0.717, 1.165) is 42.0 Å². The summed E-state index contributed by atoms with van der Waals surface area (Å²) in [4.78, 5) is 0. The summed E-state index contributed by atoms with van der Waals surface area (Å²) in [6.07, 6.45) is 2.58. The number of benzene rings is 1. The molecule has 0 aliphatic carbocycles. The first-order chi connectivity index (χ1) is 8.59. The van der Waals surface area contributed by atoms with Crippen LogP contribution in [-0.4, -0.2) is 19.3 Å². The van der Waals surface area contributed by atoms with Crippen molar-refractivity contribution >= 4 is 27.5 Å². The monoisotopic (exact) mass is 333 g/mol. The number of unbranched alkanes of at least 4 members (excludes halogenated alkanes) is 1. The second-order valence-electron chi connectivity index (χ2n) is 4.55. The van der Waals surface area contributed by atoms with Crippen molar-refractivity contribution in [3.05, 3.63) is 33.3 Å². The summed E-state index contributed by atoms with van der Waals surface area (Å²) in [5.41, 5.74) is 1.24. The first-order valence-corrected chi connectivity index (χ1v) is 7.53. The van der Waals surface area contributed by atoms with E-state index in [9.17, 15) is 0 Å². The van der Waals surface area contributed by atoms with Gasteiger partial charge >= 0.3 is 0 Å². The highest BCUT2D eigenvalue weighted by molar-refractivity contribution is 9.10. The van der Waals surface area contributed by atoms with Gasteiger partial charge in [0.25, 0.3) is 0 Å². The molecule has 0 saturated heterocycles. The molecule has 4 heteroatoms. The molecule has 0 bridgehead atoms. The van der Waals surface area contributed by atoms with E-state index in [1.54, 1.807) is 0 Å². The molecule has 102 valence electrons. The largest absolute Gasteiger partial charge is 0.379 e. The van der Waals surface area contributed by atoms with E-state index in [1.807, 2.05) is 12.1 Å². The molecular formula is C14H21BrClNO. The maximum atomic E-state index is 5.94. The van der Waals surface area contributed by atoms with E-state index >= 15 is 0 Å². The third-order valence-electron chi connectivity index (χ3n) is 2.51. The van der Waals surface area contributed by atoms with Crippen molar-refractivity contribution < 1.29 is 4.74 Å². The highest BCUT2D eigenvalue weighted by Gasteiger charge is 1.99. The third kappa shape index (κ3) is 6.74. The number of hydrogen-bond donors (Lipinski definition) is 1. The minimum absolute atomic E-state index is 0.337. The Labute approximate surface area is 123 Å². The molecule has 1 N–H and O–H groups in total. The van der Waals surface area contributed by atoms with E-state index in [-0.39, 0.29) is 0 Å². The van der Waals surface area contributed by atoms with Gasteiger partial charge in [0.05, 0.1) is 11.1 Å². The van der Waals surface area contributed by atoms with Crippen molar-refractivity contribution in [2.75, 3.05) is 13.2 Å². The van der Waals surface area contributed by atoms with Crippen LogP contribution < -0.4 is 5.32 Å². The lowest BCUT2D eigenvalue weighted by molar-refractivity contribution is 0.0760. The van der Waals surface area contributed by atoms with Crippen LogP contribution >= 0.6 is 27.5 Å². The molecule has 0 fully saturated rings. The summed E-state index contributed by atoms with van der Waals surface area (Å²) in [5, 5.41) is 4.17. The molecule has 0 radical (unpaired) electrons. The normalized spacial score (nSPS) is 11.2. The molecule has 2 nitrogen and oxygen atoms in total. The Hall–Kier alpha value is -0.0900. The first kappa shape index (κ1) is 16.0. The Morgan fingerprint density at radius 2 is 2.11 bits per heavy atom. The Morgan fingerprint density at radius 1 is 1.33 bits per heavy atom. The van der Waals surface area contributed by atoms with Gasteiger partial charge in [-0.1, -0.05) is 17.7 Å². The smallest absolute Gasteiger partial charge is 0.0548 e. The maximum Gasteiger partial charge on any atom is 0.0548 e. The molecule has 0 atom stereocenters. The molecule has 0 amide bonds. The summed E-state index contributed by atoms with van der Waals surface area (Å²) in [5.74, 6) is 0. The predicted octanol–water partition coefficient (Wildman–Crippen LogP) is 4.40. The van der Waals surface area contributed by atoms with Gasteiger partial charge in [-0.3, -0.25) is 0 Å². The lowest BCUT2D eigenvalue weighted by atomic mass is 10.2. The zero-order valence-corrected chi connectivity index (χ0v) is 13.4. The van der Waals surface area contributed by atoms with E-state index in [0.29, 0.717) is 6.10 Å². The predicted molar refractivity (Wildman–Crippen MR) is 81.2 cm³/mol. The average molecular weight is 335 g/mol. The Balaban J connectivity index is 2.09. The van der Waals surface area contributed by atoms with Crippen molar-refractivity contribution in [2.45, 2.75) is 39.3 Å². The van der Waals surface area contributed by atoms with Crippen LogP contribution in [0, 0.1) is 0 Å². The SMILES string of the molecule is CC(C)OCCCCNCc1ccc(Cl)c(Br)c1. The van der Waals surface area contributed by atoms with Crippen LogP contribution in [-0.2, 0) is 11.3 Å². The molecular weight excluding hydrogens is 314 g/mol. The zero-order chi connectivity index (χ0) is 13.4. The van der Waals surface area contributed by atoms with Gasteiger partial charge in [0.1, 0.15) is 0 Å². The third-order valence-corrected chi connectivity index (χ3v) is 3.73. The minimum atomic E-state index is 0.337. The first-order valence-electron chi connectivity index (χ1n) is 6.36. The van der Waals surface area contributed by atoms with Gasteiger partial charge in [0.2, 0.25) is 0 Å². The number of halogens is 2. The van der Waals surface area contributed by atoms with Gasteiger partial charge in [-0.05, 0) is 66.9 Å². The number of nitrogens with one attached hydrogen (secondary N) is 1. The number of hydrogen-bond acceptors (Lipinski definition) is 2. The highest BCUT2D eigenvalue weighted by atomic mass is 79.9. The van der Waals surface area contributed by atoms with Crippen molar-refractivity contribution in [1.82, 2.24) is 5.32 Å². The minimum Gasteiger partial charge on any atom is -0.379 e. The molecule has 0 unspecified atom stereocenters. The van der Waals surface area contributed by atoms with E-state index in [2.05, 4.69) is 41.2 Å². The van der Waals surface area contributed by atoms with Gasteiger partial charge in [0, 0.05) is 17.6 Å². The molecule has 18 heavy (non-hydrogen) atoms. The van der Waals surface area contributed by atoms with Crippen LogP contribution in [0.3, 0.4) is 0 Å². The van der Waals surface area contributed by atoms with E-state index < -0.39 is 0 Å². The summed E-state index contributed by atoms with van der Waals surface area (Å²) >= 11 is 9.37. The fourth-order valence-electron chi connectivity index (χ4n) is 1.55. The van der Waals surface area contributed by atoms with Crippen molar-refractivity contribution in [2.24, 2.45) is 0 Å². The van der Waals surface area contributed by atoms with Crippen LogP contribution in [0.25, 0.3) is 0 Å². The maximum absolute atomic E-state index is 5.94. The molecule has 0 saturated carbocycles.